The van der Waals surface area contributed by atoms with Crippen molar-refractivity contribution in [2.75, 3.05) is 46.4 Å². The summed E-state index contributed by atoms with van der Waals surface area (Å²) in [5, 5.41) is 3.78. The maximum absolute atomic E-state index is 5.44. The van der Waals surface area contributed by atoms with Gasteiger partial charge in [-0.3, -0.25) is 0 Å². The van der Waals surface area contributed by atoms with Crippen LogP contribution in [-0.2, 0) is 4.74 Å². The number of morpholine rings is 1. The molecule has 0 radical (unpaired) electrons. The molecule has 0 aromatic carbocycles. The van der Waals surface area contributed by atoms with Crippen LogP contribution in [0.4, 0.5) is 0 Å². The van der Waals surface area contributed by atoms with E-state index in [0.29, 0.717) is 6.04 Å². The van der Waals surface area contributed by atoms with E-state index in [0.717, 1.165) is 32.7 Å². The normalized spacial score (nSPS) is 26.1. The van der Waals surface area contributed by atoms with E-state index in [1.165, 1.54) is 43.7 Å². The van der Waals surface area contributed by atoms with Gasteiger partial charge < -0.3 is 19.9 Å². The average Bonchev–Trinajstić information content (AvgIpc) is 2.51. The van der Waals surface area contributed by atoms with Gasteiger partial charge in [0.1, 0.15) is 0 Å². The van der Waals surface area contributed by atoms with Crippen molar-refractivity contribution >= 4 is 0 Å². The molecule has 2 aliphatic heterocycles. The van der Waals surface area contributed by atoms with Crippen LogP contribution < -0.4 is 5.32 Å². The van der Waals surface area contributed by atoms with E-state index in [9.17, 15) is 0 Å². The minimum atomic E-state index is 0.668. The molecular weight excluding hydrogens is 250 g/mol. The van der Waals surface area contributed by atoms with Crippen molar-refractivity contribution in [2.24, 2.45) is 0 Å². The molecule has 20 heavy (non-hydrogen) atoms. The van der Waals surface area contributed by atoms with Crippen LogP contribution in [0.1, 0.15) is 25.7 Å². The Kier molecular flexibility index (Phi) is 4.63. The molecule has 2 heterocycles. The first kappa shape index (κ1) is 14.0. The van der Waals surface area contributed by atoms with Crippen LogP contribution in [0.15, 0.2) is 23.5 Å². The third-order valence-corrected chi connectivity index (χ3v) is 4.57. The number of nitrogens with zero attached hydrogens (tertiary/aromatic N) is 2. The molecule has 4 heteroatoms. The van der Waals surface area contributed by atoms with E-state index in [1.807, 2.05) is 0 Å². The number of ether oxygens (including phenoxy) is 1. The lowest BCUT2D eigenvalue weighted by molar-refractivity contribution is 0.0550. The van der Waals surface area contributed by atoms with Crippen LogP contribution >= 0.6 is 0 Å². The van der Waals surface area contributed by atoms with Gasteiger partial charge in [-0.15, -0.1) is 0 Å². The molecule has 0 bridgehead atoms. The summed E-state index contributed by atoms with van der Waals surface area (Å²) in [4.78, 5) is 4.88. The first-order chi connectivity index (χ1) is 9.81. The molecule has 3 aliphatic rings. The van der Waals surface area contributed by atoms with Gasteiger partial charge in [-0.1, -0.05) is 6.08 Å². The minimum absolute atomic E-state index is 0.668. The number of hydrogen-bond donors (Lipinski definition) is 1. The Hall–Kier alpha value is -1.00. The van der Waals surface area contributed by atoms with Gasteiger partial charge in [0.25, 0.3) is 0 Å². The largest absolute Gasteiger partial charge is 0.385 e. The molecule has 0 atom stereocenters. The monoisotopic (exact) mass is 277 g/mol. The van der Waals surface area contributed by atoms with Crippen LogP contribution in [0.2, 0.25) is 0 Å². The molecule has 0 aromatic rings. The second-order valence-corrected chi connectivity index (χ2v) is 6.16. The van der Waals surface area contributed by atoms with Crippen molar-refractivity contribution in [1.82, 2.24) is 15.1 Å². The standard InChI is InChI=1S/C16H27N3O/c1-18-7-5-14(6-8-18)17-15-3-2-4-16(13-15)19-9-11-20-12-10-19/h4,13-14,17H,2-3,5-12H2,1H3. The number of allylic oxidation sites excluding steroid dienone is 3. The SMILES string of the molecule is CN1CCC(NC2=CC(N3CCOCC3)=CCC2)CC1. The number of likely N-dealkylation sites (tertiary alicyclic amines) is 1. The summed E-state index contributed by atoms with van der Waals surface area (Å²) < 4.78 is 5.44. The summed E-state index contributed by atoms with van der Waals surface area (Å²) in [7, 11) is 2.22. The molecule has 0 amide bonds. The van der Waals surface area contributed by atoms with Crippen molar-refractivity contribution < 1.29 is 4.74 Å². The number of rotatable bonds is 3. The predicted molar refractivity (Wildman–Crippen MR) is 81.4 cm³/mol. The van der Waals surface area contributed by atoms with Crippen molar-refractivity contribution in [3.05, 3.63) is 23.5 Å². The van der Waals surface area contributed by atoms with Crippen LogP contribution in [0.5, 0.6) is 0 Å². The van der Waals surface area contributed by atoms with Crippen LogP contribution in [0, 0.1) is 0 Å². The summed E-state index contributed by atoms with van der Waals surface area (Å²) >= 11 is 0. The zero-order valence-corrected chi connectivity index (χ0v) is 12.6. The van der Waals surface area contributed by atoms with Gasteiger partial charge in [0.2, 0.25) is 0 Å². The molecule has 0 aromatic heterocycles. The van der Waals surface area contributed by atoms with E-state index >= 15 is 0 Å². The highest BCUT2D eigenvalue weighted by Crippen LogP contribution is 2.21. The van der Waals surface area contributed by atoms with Gasteiger partial charge in [-0.2, -0.15) is 0 Å². The molecule has 1 N–H and O–H groups in total. The molecule has 2 saturated heterocycles. The lowest BCUT2D eigenvalue weighted by Crippen LogP contribution is -2.41. The highest BCUT2D eigenvalue weighted by molar-refractivity contribution is 5.26. The molecule has 0 unspecified atom stereocenters. The molecule has 1 aliphatic carbocycles. The van der Waals surface area contributed by atoms with Gasteiger partial charge in [0, 0.05) is 30.5 Å². The lowest BCUT2D eigenvalue weighted by atomic mass is 10.0. The van der Waals surface area contributed by atoms with Crippen LogP contribution in [0.25, 0.3) is 0 Å². The third kappa shape index (κ3) is 3.55. The highest BCUT2D eigenvalue weighted by Gasteiger charge is 2.19. The van der Waals surface area contributed by atoms with Gasteiger partial charge in [-0.05, 0) is 51.9 Å². The summed E-state index contributed by atoms with van der Waals surface area (Å²) in [5.74, 6) is 0. The summed E-state index contributed by atoms with van der Waals surface area (Å²) in [6, 6.07) is 0.668. The smallest absolute Gasteiger partial charge is 0.0642 e. The molecule has 4 nitrogen and oxygen atoms in total. The molecule has 0 saturated carbocycles. The fourth-order valence-corrected chi connectivity index (χ4v) is 3.26. The Labute approximate surface area is 122 Å². The second-order valence-electron chi connectivity index (χ2n) is 6.16. The molecule has 112 valence electrons. The Bertz CT molecular complexity index is 377. The third-order valence-electron chi connectivity index (χ3n) is 4.57. The van der Waals surface area contributed by atoms with Gasteiger partial charge in [0.05, 0.1) is 13.2 Å². The van der Waals surface area contributed by atoms with E-state index in [2.05, 4.69) is 34.3 Å². The van der Waals surface area contributed by atoms with Crippen molar-refractivity contribution in [3.8, 4) is 0 Å². The Balaban J connectivity index is 1.56. The minimum Gasteiger partial charge on any atom is -0.385 e. The zero-order valence-electron chi connectivity index (χ0n) is 12.6. The van der Waals surface area contributed by atoms with E-state index in [4.69, 9.17) is 4.74 Å². The second kappa shape index (κ2) is 6.64. The van der Waals surface area contributed by atoms with Crippen LogP contribution in [-0.4, -0.2) is 62.3 Å². The average molecular weight is 277 g/mol. The number of nitrogens with one attached hydrogen (secondary N) is 1. The van der Waals surface area contributed by atoms with Gasteiger partial charge in [0.15, 0.2) is 0 Å². The van der Waals surface area contributed by atoms with Crippen LogP contribution in [0.3, 0.4) is 0 Å². The summed E-state index contributed by atoms with van der Waals surface area (Å²) in [5.41, 5.74) is 2.83. The highest BCUT2D eigenvalue weighted by atomic mass is 16.5. The fraction of sp³-hybridized carbons (Fsp3) is 0.750. The maximum atomic E-state index is 5.44. The lowest BCUT2D eigenvalue weighted by Gasteiger charge is -2.34. The van der Waals surface area contributed by atoms with E-state index in [-0.39, 0.29) is 0 Å². The Morgan fingerprint density at radius 3 is 2.65 bits per heavy atom. The zero-order chi connectivity index (χ0) is 13.8. The molecular formula is C16H27N3O. The summed E-state index contributed by atoms with van der Waals surface area (Å²) in [6.45, 7) is 6.23. The first-order valence-electron chi connectivity index (χ1n) is 8.00. The quantitative estimate of drug-likeness (QED) is 0.847. The topological polar surface area (TPSA) is 27.7 Å². The van der Waals surface area contributed by atoms with Crippen molar-refractivity contribution in [3.63, 3.8) is 0 Å². The first-order valence-corrected chi connectivity index (χ1v) is 8.00. The Morgan fingerprint density at radius 2 is 1.90 bits per heavy atom. The fourth-order valence-electron chi connectivity index (χ4n) is 3.26. The number of hydrogen-bond acceptors (Lipinski definition) is 4. The van der Waals surface area contributed by atoms with Gasteiger partial charge in [-0.25, -0.2) is 0 Å². The van der Waals surface area contributed by atoms with Crippen molar-refractivity contribution in [2.45, 2.75) is 31.7 Å². The molecule has 0 spiro atoms. The van der Waals surface area contributed by atoms with Gasteiger partial charge >= 0.3 is 0 Å². The summed E-state index contributed by atoms with van der Waals surface area (Å²) in [6.07, 6.45) is 9.62. The predicted octanol–water partition coefficient (Wildman–Crippen LogP) is 1.56. The maximum Gasteiger partial charge on any atom is 0.0642 e. The van der Waals surface area contributed by atoms with E-state index < -0.39 is 0 Å². The Morgan fingerprint density at radius 1 is 1.15 bits per heavy atom. The van der Waals surface area contributed by atoms with E-state index in [1.54, 1.807) is 0 Å². The molecule has 2 fully saturated rings. The number of piperidine rings is 1. The van der Waals surface area contributed by atoms with Crippen molar-refractivity contribution in [1.29, 1.82) is 0 Å². The molecule has 3 rings (SSSR count).